The Balaban J connectivity index is 0.00000208. The van der Waals surface area contributed by atoms with E-state index in [0.29, 0.717) is 11.9 Å². The second kappa shape index (κ2) is 10.0. The van der Waals surface area contributed by atoms with Crippen molar-refractivity contribution in [2.24, 2.45) is 5.92 Å². The maximum atomic E-state index is 12.9. The Morgan fingerprint density at radius 1 is 1.08 bits per heavy atom. The lowest BCUT2D eigenvalue weighted by molar-refractivity contribution is -0.140. The lowest BCUT2D eigenvalue weighted by atomic mass is 9.91. The summed E-state index contributed by atoms with van der Waals surface area (Å²) in [5.41, 5.74) is 1.42. The highest BCUT2D eigenvalue weighted by molar-refractivity contribution is 5.85. The van der Waals surface area contributed by atoms with Crippen LogP contribution in [0.2, 0.25) is 0 Å². The Hall–Kier alpha value is -1.06. The minimum atomic E-state index is 0. The molecule has 0 aliphatic carbocycles. The van der Waals surface area contributed by atoms with Crippen molar-refractivity contribution in [3.63, 3.8) is 0 Å². The van der Waals surface area contributed by atoms with Crippen molar-refractivity contribution in [1.29, 1.82) is 0 Å². The lowest BCUT2D eigenvalue weighted by Crippen LogP contribution is -2.48. The first-order valence-corrected chi connectivity index (χ1v) is 9.40. The summed E-state index contributed by atoms with van der Waals surface area (Å²) >= 11 is 0. The zero-order valence-corrected chi connectivity index (χ0v) is 15.4. The number of piperidine rings is 2. The van der Waals surface area contributed by atoms with Crippen molar-refractivity contribution < 1.29 is 4.79 Å². The van der Waals surface area contributed by atoms with Gasteiger partial charge in [-0.3, -0.25) is 4.79 Å². The number of carbonyl (C=O) groups excluding carboxylic acids is 1. The van der Waals surface area contributed by atoms with Crippen LogP contribution in [0.15, 0.2) is 30.3 Å². The number of benzene rings is 1. The van der Waals surface area contributed by atoms with E-state index in [2.05, 4.69) is 40.5 Å². The number of aryl methyl sites for hydroxylation is 1. The van der Waals surface area contributed by atoms with E-state index in [1.807, 2.05) is 0 Å². The predicted octanol–water partition coefficient (Wildman–Crippen LogP) is 3.81. The number of amides is 1. The molecule has 2 aliphatic heterocycles. The molecular weight excluding hydrogens is 320 g/mol. The maximum Gasteiger partial charge on any atom is 0.226 e. The molecule has 1 unspecified atom stereocenters. The van der Waals surface area contributed by atoms with Crippen LogP contribution in [0.25, 0.3) is 0 Å². The first-order valence-electron chi connectivity index (χ1n) is 9.40. The fraction of sp³-hybridized carbons (Fsp3) is 0.650. The highest BCUT2D eigenvalue weighted by atomic mass is 35.5. The number of nitrogens with one attached hydrogen (secondary N) is 1. The van der Waals surface area contributed by atoms with Gasteiger partial charge in [-0.2, -0.15) is 0 Å². The molecule has 3 rings (SSSR count). The Labute approximate surface area is 152 Å². The fourth-order valence-electron chi connectivity index (χ4n) is 4.08. The van der Waals surface area contributed by atoms with Crippen LogP contribution < -0.4 is 5.32 Å². The van der Waals surface area contributed by atoms with Crippen molar-refractivity contribution in [3.8, 4) is 0 Å². The van der Waals surface area contributed by atoms with E-state index in [1.165, 1.54) is 31.2 Å². The first-order chi connectivity index (χ1) is 11.3. The van der Waals surface area contributed by atoms with E-state index in [4.69, 9.17) is 0 Å². The van der Waals surface area contributed by atoms with Gasteiger partial charge < -0.3 is 10.2 Å². The maximum absolute atomic E-state index is 12.9. The summed E-state index contributed by atoms with van der Waals surface area (Å²) in [6, 6.07) is 11.2. The standard InChI is InChI=1S/C20H30N2O.ClH/c23-20(18-12-14-21-15-13-18)22-16-5-4-10-19(22)11-6-9-17-7-2-1-3-8-17;/h1-3,7-8,18-19,21H,4-6,9-16H2;1H. The van der Waals surface area contributed by atoms with Crippen LogP contribution in [-0.4, -0.2) is 36.5 Å². The second-order valence-corrected chi connectivity index (χ2v) is 7.08. The zero-order chi connectivity index (χ0) is 15.9. The van der Waals surface area contributed by atoms with Gasteiger partial charge in [-0.05, 0) is 70.0 Å². The van der Waals surface area contributed by atoms with Crippen LogP contribution in [0.1, 0.15) is 50.5 Å². The van der Waals surface area contributed by atoms with E-state index in [-0.39, 0.29) is 18.3 Å². The topological polar surface area (TPSA) is 32.3 Å². The average molecular weight is 351 g/mol. The van der Waals surface area contributed by atoms with Crippen LogP contribution in [-0.2, 0) is 11.2 Å². The van der Waals surface area contributed by atoms with Crippen molar-refractivity contribution in [1.82, 2.24) is 10.2 Å². The molecule has 0 radical (unpaired) electrons. The molecule has 0 spiro atoms. The highest BCUT2D eigenvalue weighted by Gasteiger charge is 2.31. The highest BCUT2D eigenvalue weighted by Crippen LogP contribution is 2.26. The average Bonchev–Trinajstić information content (AvgIpc) is 2.63. The van der Waals surface area contributed by atoms with Crippen molar-refractivity contribution in [2.75, 3.05) is 19.6 Å². The Bertz CT molecular complexity index is 488. The van der Waals surface area contributed by atoms with E-state index in [1.54, 1.807) is 0 Å². The summed E-state index contributed by atoms with van der Waals surface area (Å²) in [5, 5.41) is 3.37. The molecule has 1 aromatic rings. The first kappa shape index (κ1) is 19.3. The molecule has 4 heteroatoms. The lowest BCUT2D eigenvalue weighted by Gasteiger charge is -2.39. The molecule has 0 bridgehead atoms. The monoisotopic (exact) mass is 350 g/mol. The molecule has 1 amide bonds. The van der Waals surface area contributed by atoms with Crippen molar-refractivity contribution in [2.45, 2.75) is 57.4 Å². The molecule has 1 atom stereocenters. The van der Waals surface area contributed by atoms with Crippen LogP contribution in [0, 0.1) is 5.92 Å². The normalized spacial score (nSPS) is 22.0. The summed E-state index contributed by atoms with van der Waals surface area (Å²) in [4.78, 5) is 15.1. The summed E-state index contributed by atoms with van der Waals surface area (Å²) in [6.45, 7) is 2.99. The molecule has 134 valence electrons. The molecule has 2 heterocycles. The largest absolute Gasteiger partial charge is 0.339 e. The molecule has 2 saturated heterocycles. The van der Waals surface area contributed by atoms with Crippen LogP contribution in [0.3, 0.4) is 0 Å². The molecule has 0 aromatic heterocycles. The molecule has 2 fully saturated rings. The predicted molar refractivity (Wildman–Crippen MR) is 102 cm³/mol. The fourth-order valence-corrected chi connectivity index (χ4v) is 4.08. The van der Waals surface area contributed by atoms with Gasteiger partial charge in [0.05, 0.1) is 0 Å². The van der Waals surface area contributed by atoms with Crippen molar-refractivity contribution in [3.05, 3.63) is 35.9 Å². The van der Waals surface area contributed by atoms with Gasteiger partial charge in [0.25, 0.3) is 0 Å². The van der Waals surface area contributed by atoms with Gasteiger partial charge in [-0.1, -0.05) is 30.3 Å². The third kappa shape index (κ3) is 5.22. The molecule has 0 saturated carbocycles. The zero-order valence-electron chi connectivity index (χ0n) is 14.6. The van der Waals surface area contributed by atoms with Gasteiger partial charge >= 0.3 is 0 Å². The second-order valence-electron chi connectivity index (χ2n) is 7.08. The van der Waals surface area contributed by atoms with Gasteiger partial charge in [-0.25, -0.2) is 0 Å². The Kier molecular flexibility index (Phi) is 8.07. The molecular formula is C20H31ClN2O. The van der Waals surface area contributed by atoms with Gasteiger partial charge in [-0.15, -0.1) is 12.4 Å². The smallest absolute Gasteiger partial charge is 0.226 e. The minimum absolute atomic E-state index is 0. The molecule has 1 N–H and O–H groups in total. The SMILES string of the molecule is Cl.O=C(C1CCNCC1)N1CCCCC1CCCc1ccccc1. The van der Waals surface area contributed by atoms with Crippen LogP contribution >= 0.6 is 12.4 Å². The molecule has 3 nitrogen and oxygen atoms in total. The van der Waals surface area contributed by atoms with E-state index >= 15 is 0 Å². The number of carbonyl (C=O) groups is 1. The van der Waals surface area contributed by atoms with E-state index in [9.17, 15) is 4.79 Å². The number of hydrogen-bond acceptors (Lipinski definition) is 2. The Morgan fingerprint density at radius 3 is 2.58 bits per heavy atom. The number of likely N-dealkylation sites (tertiary alicyclic amines) is 1. The van der Waals surface area contributed by atoms with Gasteiger partial charge in [0.2, 0.25) is 5.91 Å². The van der Waals surface area contributed by atoms with Gasteiger partial charge in [0, 0.05) is 18.5 Å². The number of halogens is 1. The number of rotatable bonds is 5. The molecule has 1 aromatic carbocycles. The Morgan fingerprint density at radius 2 is 1.83 bits per heavy atom. The van der Waals surface area contributed by atoms with E-state index < -0.39 is 0 Å². The number of nitrogens with zero attached hydrogens (tertiary/aromatic N) is 1. The number of hydrogen-bond donors (Lipinski definition) is 1. The van der Waals surface area contributed by atoms with Gasteiger partial charge in [0.15, 0.2) is 0 Å². The van der Waals surface area contributed by atoms with Crippen LogP contribution in [0.5, 0.6) is 0 Å². The summed E-state index contributed by atoms with van der Waals surface area (Å²) in [6.07, 6.45) is 9.19. The summed E-state index contributed by atoms with van der Waals surface area (Å²) < 4.78 is 0. The van der Waals surface area contributed by atoms with Gasteiger partial charge in [0.1, 0.15) is 0 Å². The summed E-state index contributed by atoms with van der Waals surface area (Å²) in [7, 11) is 0. The van der Waals surface area contributed by atoms with Crippen molar-refractivity contribution >= 4 is 18.3 Å². The third-order valence-corrected chi connectivity index (χ3v) is 5.44. The van der Waals surface area contributed by atoms with E-state index in [0.717, 1.165) is 45.3 Å². The minimum Gasteiger partial charge on any atom is -0.339 e. The quantitative estimate of drug-likeness (QED) is 0.875. The van der Waals surface area contributed by atoms with Crippen LogP contribution in [0.4, 0.5) is 0 Å². The third-order valence-electron chi connectivity index (χ3n) is 5.44. The molecule has 24 heavy (non-hydrogen) atoms. The summed E-state index contributed by atoms with van der Waals surface area (Å²) in [5.74, 6) is 0.710. The molecule has 2 aliphatic rings.